The number of hydrogen-bond donors (Lipinski definition) is 1. The molecule has 1 atom stereocenters. The molecule has 20 heavy (non-hydrogen) atoms. The lowest BCUT2D eigenvalue weighted by Gasteiger charge is -2.29. The van der Waals surface area contributed by atoms with Gasteiger partial charge < -0.3 is 10.1 Å². The molecule has 0 radical (unpaired) electrons. The van der Waals surface area contributed by atoms with Gasteiger partial charge in [0.1, 0.15) is 11.6 Å². The van der Waals surface area contributed by atoms with E-state index < -0.39 is 11.6 Å². The summed E-state index contributed by atoms with van der Waals surface area (Å²) in [5, 5.41) is 3.38. The van der Waals surface area contributed by atoms with Crippen molar-refractivity contribution >= 4 is 0 Å². The third kappa shape index (κ3) is 4.81. The van der Waals surface area contributed by atoms with Crippen LogP contribution in [0.1, 0.15) is 12.5 Å². The molecule has 0 aliphatic carbocycles. The predicted molar refractivity (Wildman–Crippen MR) is 74.8 cm³/mol. The lowest BCUT2D eigenvalue weighted by molar-refractivity contribution is 0.0344. The molecule has 2 rings (SSSR count). The van der Waals surface area contributed by atoms with E-state index in [2.05, 4.69) is 17.1 Å². The van der Waals surface area contributed by atoms with Crippen molar-refractivity contribution in [1.82, 2.24) is 10.2 Å². The molecule has 1 N–H and O–H groups in total. The average Bonchev–Trinajstić information content (AvgIpc) is 2.42. The van der Waals surface area contributed by atoms with Crippen LogP contribution in [0.3, 0.4) is 0 Å². The second-order valence-electron chi connectivity index (χ2n) is 5.25. The molecule has 112 valence electrons. The quantitative estimate of drug-likeness (QED) is 0.862. The Hall–Kier alpha value is -1.04. The maximum Gasteiger partial charge on any atom is 0.129 e. The van der Waals surface area contributed by atoms with Crippen LogP contribution in [-0.4, -0.2) is 50.3 Å². The van der Waals surface area contributed by atoms with Crippen LogP contribution >= 0.6 is 0 Å². The van der Waals surface area contributed by atoms with Crippen molar-refractivity contribution in [2.24, 2.45) is 0 Å². The smallest absolute Gasteiger partial charge is 0.129 e. The summed E-state index contributed by atoms with van der Waals surface area (Å²) >= 11 is 0. The van der Waals surface area contributed by atoms with Gasteiger partial charge in [0.25, 0.3) is 0 Å². The Morgan fingerprint density at radius 2 is 2.05 bits per heavy atom. The van der Waals surface area contributed by atoms with Crippen molar-refractivity contribution in [2.75, 3.05) is 39.4 Å². The van der Waals surface area contributed by atoms with Gasteiger partial charge in [0.05, 0.1) is 13.2 Å². The Balaban J connectivity index is 1.69. The minimum atomic E-state index is -0.528. The third-order valence-corrected chi connectivity index (χ3v) is 3.54. The molecular formula is C15H22F2N2O. The van der Waals surface area contributed by atoms with Crippen molar-refractivity contribution in [3.8, 4) is 0 Å². The topological polar surface area (TPSA) is 24.5 Å². The fourth-order valence-corrected chi connectivity index (χ4v) is 2.41. The van der Waals surface area contributed by atoms with E-state index in [1.54, 1.807) is 0 Å². The van der Waals surface area contributed by atoms with Crippen LogP contribution in [0.5, 0.6) is 0 Å². The van der Waals surface area contributed by atoms with Crippen molar-refractivity contribution in [2.45, 2.75) is 19.4 Å². The molecule has 5 heteroatoms. The molecule has 0 spiro atoms. The van der Waals surface area contributed by atoms with Crippen LogP contribution in [0.4, 0.5) is 8.78 Å². The first-order chi connectivity index (χ1) is 9.65. The van der Waals surface area contributed by atoms with Crippen LogP contribution in [-0.2, 0) is 11.2 Å². The number of ether oxygens (including phenoxy) is 1. The lowest BCUT2D eigenvalue weighted by Crippen LogP contribution is -2.44. The second kappa shape index (κ2) is 7.67. The van der Waals surface area contributed by atoms with Gasteiger partial charge >= 0.3 is 0 Å². The fourth-order valence-electron chi connectivity index (χ4n) is 2.41. The molecule has 0 aromatic heterocycles. The summed E-state index contributed by atoms with van der Waals surface area (Å²) in [6.07, 6.45) is 0.569. The summed E-state index contributed by atoms with van der Waals surface area (Å²) in [6.45, 7) is 7.32. The highest BCUT2D eigenvalue weighted by atomic mass is 19.1. The summed E-state index contributed by atoms with van der Waals surface area (Å²) in [6, 6.07) is 4.10. The minimum Gasteiger partial charge on any atom is -0.379 e. The van der Waals surface area contributed by atoms with E-state index in [0.29, 0.717) is 24.6 Å². The number of benzene rings is 1. The van der Waals surface area contributed by atoms with Crippen LogP contribution < -0.4 is 5.32 Å². The van der Waals surface area contributed by atoms with Crippen molar-refractivity contribution in [3.05, 3.63) is 35.4 Å². The van der Waals surface area contributed by atoms with E-state index in [4.69, 9.17) is 4.74 Å². The van der Waals surface area contributed by atoms with E-state index in [0.717, 1.165) is 38.9 Å². The van der Waals surface area contributed by atoms with Crippen LogP contribution in [0.15, 0.2) is 18.2 Å². The summed E-state index contributed by atoms with van der Waals surface area (Å²) in [5.41, 5.74) is 0.553. The molecular weight excluding hydrogens is 262 g/mol. The maximum atomic E-state index is 13.5. The fraction of sp³-hybridized carbons (Fsp3) is 0.600. The largest absolute Gasteiger partial charge is 0.379 e. The van der Waals surface area contributed by atoms with E-state index in [-0.39, 0.29) is 0 Å². The highest BCUT2D eigenvalue weighted by molar-refractivity contribution is 5.18. The summed E-state index contributed by atoms with van der Waals surface area (Å²) in [4.78, 5) is 2.36. The number of morpholine rings is 1. The van der Waals surface area contributed by atoms with Crippen LogP contribution in [0.2, 0.25) is 0 Å². The van der Waals surface area contributed by atoms with Gasteiger partial charge in [-0.3, -0.25) is 4.90 Å². The summed E-state index contributed by atoms with van der Waals surface area (Å²) in [5.74, 6) is -0.993. The van der Waals surface area contributed by atoms with Crippen molar-refractivity contribution < 1.29 is 13.5 Å². The van der Waals surface area contributed by atoms with Gasteiger partial charge in [-0.25, -0.2) is 8.78 Å². The zero-order valence-corrected chi connectivity index (χ0v) is 11.9. The Kier molecular flexibility index (Phi) is 5.88. The van der Waals surface area contributed by atoms with Crippen LogP contribution in [0.25, 0.3) is 0 Å². The number of rotatable bonds is 6. The highest BCUT2D eigenvalue weighted by Crippen LogP contribution is 2.09. The zero-order chi connectivity index (χ0) is 14.4. The zero-order valence-electron chi connectivity index (χ0n) is 11.9. The van der Waals surface area contributed by atoms with Gasteiger partial charge in [0, 0.05) is 31.7 Å². The SMILES string of the molecule is CC(CN1CCOCC1)NCCc1ccc(F)cc1F. The predicted octanol–water partition coefficient (Wildman–Crippen LogP) is 1.82. The number of nitrogens with zero attached hydrogens (tertiary/aromatic N) is 1. The molecule has 1 heterocycles. The Labute approximate surface area is 118 Å². The van der Waals surface area contributed by atoms with E-state index in [1.807, 2.05) is 0 Å². The molecule has 1 aliphatic heterocycles. The molecule has 3 nitrogen and oxygen atoms in total. The normalized spacial score (nSPS) is 18.1. The molecule has 1 aromatic rings. The van der Waals surface area contributed by atoms with Crippen molar-refractivity contribution in [3.63, 3.8) is 0 Å². The molecule has 0 saturated carbocycles. The van der Waals surface area contributed by atoms with E-state index in [1.165, 1.54) is 12.1 Å². The van der Waals surface area contributed by atoms with E-state index in [9.17, 15) is 8.78 Å². The molecule has 0 amide bonds. The summed E-state index contributed by atoms with van der Waals surface area (Å²) in [7, 11) is 0. The average molecular weight is 284 g/mol. The number of halogens is 2. The van der Waals surface area contributed by atoms with Gasteiger partial charge in [-0.2, -0.15) is 0 Å². The van der Waals surface area contributed by atoms with Gasteiger partial charge in [-0.15, -0.1) is 0 Å². The minimum absolute atomic E-state index is 0.344. The monoisotopic (exact) mass is 284 g/mol. The summed E-state index contributed by atoms with van der Waals surface area (Å²) < 4.78 is 31.6. The molecule has 1 saturated heterocycles. The molecule has 0 bridgehead atoms. The first-order valence-corrected chi connectivity index (χ1v) is 7.12. The first kappa shape index (κ1) is 15.4. The lowest BCUT2D eigenvalue weighted by atomic mass is 10.1. The van der Waals surface area contributed by atoms with Gasteiger partial charge in [0.15, 0.2) is 0 Å². The first-order valence-electron chi connectivity index (χ1n) is 7.12. The Morgan fingerprint density at radius 1 is 1.30 bits per heavy atom. The standard InChI is InChI=1S/C15H22F2N2O/c1-12(11-19-6-8-20-9-7-19)18-5-4-13-2-3-14(16)10-15(13)17/h2-3,10,12,18H,4-9,11H2,1H3. The van der Waals surface area contributed by atoms with E-state index >= 15 is 0 Å². The number of hydrogen-bond acceptors (Lipinski definition) is 3. The molecule has 1 aromatic carbocycles. The van der Waals surface area contributed by atoms with Crippen molar-refractivity contribution in [1.29, 1.82) is 0 Å². The van der Waals surface area contributed by atoms with Gasteiger partial charge in [-0.1, -0.05) is 6.07 Å². The third-order valence-electron chi connectivity index (χ3n) is 3.54. The van der Waals surface area contributed by atoms with Gasteiger partial charge in [0.2, 0.25) is 0 Å². The van der Waals surface area contributed by atoms with Gasteiger partial charge in [-0.05, 0) is 31.5 Å². The Bertz CT molecular complexity index is 422. The number of nitrogens with one attached hydrogen (secondary N) is 1. The van der Waals surface area contributed by atoms with Crippen LogP contribution in [0, 0.1) is 11.6 Å². The molecule has 1 fully saturated rings. The highest BCUT2D eigenvalue weighted by Gasteiger charge is 2.13. The molecule has 1 unspecified atom stereocenters. The second-order valence-corrected chi connectivity index (χ2v) is 5.25. The molecule has 1 aliphatic rings. The maximum absolute atomic E-state index is 13.5. The Morgan fingerprint density at radius 3 is 2.75 bits per heavy atom.